The lowest BCUT2D eigenvalue weighted by Crippen LogP contribution is -2.45. The summed E-state index contributed by atoms with van der Waals surface area (Å²) in [5.41, 5.74) is 2.88. The largest absolute Gasteiger partial charge is 0.357 e. The van der Waals surface area contributed by atoms with E-state index in [0.717, 1.165) is 19.8 Å². The van der Waals surface area contributed by atoms with Gasteiger partial charge in [0.05, 0.1) is 0 Å². The Morgan fingerprint density at radius 1 is 1.29 bits per heavy atom. The molecule has 14 heavy (non-hydrogen) atoms. The first-order valence-electron chi connectivity index (χ1n) is 5.30. The van der Waals surface area contributed by atoms with E-state index in [2.05, 4.69) is 27.2 Å². The van der Waals surface area contributed by atoms with Crippen LogP contribution in [0.2, 0.25) is 0 Å². The first-order chi connectivity index (χ1) is 6.86. The Labute approximate surface area is 84.3 Å². The minimum atomic E-state index is 0.826. The van der Waals surface area contributed by atoms with Crippen LogP contribution in [0.5, 0.6) is 0 Å². The minimum Gasteiger partial charge on any atom is -0.357 e. The second kappa shape index (κ2) is 2.98. The Morgan fingerprint density at radius 3 is 2.86 bits per heavy atom. The molecular formula is C10H16N4. The number of likely N-dealkylation sites (tertiary alicyclic amines) is 1. The van der Waals surface area contributed by atoms with Crippen molar-refractivity contribution >= 4 is 5.84 Å². The van der Waals surface area contributed by atoms with Crippen molar-refractivity contribution in [1.29, 1.82) is 0 Å². The summed E-state index contributed by atoms with van der Waals surface area (Å²) in [6.07, 6.45) is 1.32. The maximum absolute atomic E-state index is 4.65. The zero-order valence-corrected chi connectivity index (χ0v) is 8.58. The Balaban J connectivity index is 1.91. The molecule has 1 fully saturated rings. The van der Waals surface area contributed by atoms with Crippen LogP contribution in [-0.4, -0.2) is 55.5 Å². The van der Waals surface area contributed by atoms with Gasteiger partial charge in [-0.05, 0) is 6.42 Å². The van der Waals surface area contributed by atoms with E-state index in [0.29, 0.717) is 0 Å². The van der Waals surface area contributed by atoms with Crippen molar-refractivity contribution in [2.45, 2.75) is 6.42 Å². The molecule has 1 saturated heterocycles. The number of nitrogens with one attached hydrogen (secondary N) is 1. The number of aliphatic imine (C=N–C) groups is 1. The van der Waals surface area contributed by atoms with Gasteiger partial charge in [0.15, 0.2) is 0 Å². The third-order valence-corrected chi connectivity index (χ3v) is 3.26. The Kier molecular flexibility index (Phi) is 1.77. The molecule has 0 radical (unpaired) electrons. The van der Waals surface area contributed by atoms with Crippen LogP contribution in [0.3, 0.4) is 0 Å². The molecule has 0 spiro atoms. The van der Waals surface area contributed by atoms with Crippen LogP contribution < -0.4 is 5.32 Å². The number of amidine groups is 1. The van der Waals surface area contributed by atoms with Crippen molar-refractivity contribution in [2.75, 3.05) is 39.9 Å². The molecule has 0 amide bonds. The average molecular weight is 192 g/mol. The Morgan fingerprint density at radius 2 is 2.14 bits per heavy atom. The maximum Gasteiger partial charge on any atom is 0.131 e. The molecule has 3 aliphatic rings. The second-order valence-electron chi connectivity index (χ2n) is 4.19. The molecule has 4 nitrogen and oxygen atoms in total. The van der Waals surface area contributed by atoms with Gasteiger partial charge in [-0.1, -0.05) is 0 Å². The normalized spacial score (nSPS) is 26.2. The summed E-state index contributed by atoms with van der Waals surface area (Å²) in [7, 11) is 2.12. The quantitative estimate of drug-likeness (QED) is 0.579. The first kappa shape index (κ1) is 8.29. The highest BCUT2D eigenvalue weighted by molar-refractivity contribution is 6.00. The monoisotopic (exact) mass is 192 g/mol. The molecule has 0 aromatic carbocycles. The lowest BCUT2D eigenvalue weighted by molar-refractivity contribution is 0.292. The Hall–Kier alpha value is -1.03. The predicted octanol–water partition coefficient (Wildman–Crippen LogP) is -0.149. The summed E-state index contributed by atoms with van der Waals surface area (Å²) in [6.45, 7) is 5.22. The number of nitrogens with zero attached hydrogens (tertiary/aromatic N) is 3. The highest BCUT2D eigenvalue weighted by atomic mass is 15.3. The topological polar surface area (TPSA) is 30.9 Å². The van der Waals surface area contributed by atoms with E-state index in [-0.39, 0.29) is 0 Å². The van der Waals surface area contributed by atoms with Gasteiger partial charge in [0.2, 0.25) is 0 Å². The third kappa shape index (κ3) is 1.07. The maximum atomic E-state index is 4.65. The second-order valence-corrected chi connectivity index (χ2v) is 4.19. The van der Waals surface area contributed by atoms with Gasteiger partial charge in [0.1, 0.15) is 12.5 Å². The van der Waals surface area contributed by atoms with Crippen molar-refractivity contribution < 1.29 is 0 Å². The number of hydrogen-bond donors (Lipinski definition) is 1. The van der Waals surface area contributed by atoms with E-state index in [1.54, 1.807) is 0 Å². The first-order valence-corrected chi connectivity index (χ1v) is 5.30. The molecule has 0 bridgehead atoms. The van der Waals surface area contributed by atoms with Crippen molar-refractivity contribution in [3.63, 3.8) is 0 Å². The van der Waals surface area contributed by atoms with E-state index in [1.165, 1.54) is 36.6 Å². The van der Waals surface area contributed by atoms with E-state index < -0.39 is 0 Å². The molecule has 4 heteroatoms. The van der Waals surface area contributed by atoms with E-state index in [4.69, 9.17) is 0 Å². The van der Waals surface area contributed by atoms with Crippen molar-refractivity contribution in [3.8, 4) is 0 Å². The number of likely N-dealkylation sites (N-methyl/N-ethyl adjacent to an activating group) is 1. The summed E-state index contributed by atoms with van der Waals surface area (Å²) < 4.78 is 0. The molecule has 0 aliphatic carbocycles. The molecule has 3 aliphatic heterocycles. The van der Waals surface area contributed by atoms with Gasteiger partial charge >= 0.3 is 0 Å². The van der Waals surface area contributed by atoms with Crippen molar-refractivity contribution in [1.82, 2.24) is 15.1 Å². The summed E-state index contributed by atoms with van der Waals surface area (Å²) in [4.78, 5) is 9.29. The molecule has 0 aromatic rings. The lowest BCUT2D eigenvalue weighted by atomic mass is 10.1. The van der Waals surface area contributed by atoms with Gasteiger partial charge in [0, 0.05) is 44.5 Å². The molecular weight excluding hydrogens is 176 g/mol. The smallest absolute Gasteiger partial charge is 0.131 e. The van der Waals surface area contributed by atoms with Gasteiger partial charge in [-0.15, -0.1) is 0 Å². The standard InChI is InChI=1S/C10H16N4/c1-13-7-12-10(14-3-2-4-14)8-5-11-6-9(8)13/h11H,2-7H2,1H3. The van der Waals surface area contributed by atoms with Crippen LogP contribution in [0.15, 0.2) is 16.3 Å². The van der Waals surface area contributed by atoms with Crippen molar-refractivity contribution in [3.05, 3.63) is 11.3 Å². The van der Waals surface area contributed by atoms with Crippen LogP contribution in [0, 0.1) is 0 Å². The highest BCUT2D eigenvalue weighted by Gasteiger charge is 2.30. The average Bonchev–Trinajstić information content (AvgIpc) is 2.55. The fourth-order valence-electron chi connectivity index (χ4n) is 2.26. The molecule has 0 atom stereocenters. The molecule has 76 valence electrons. The van der Waals surface area contributed by atoms with Crippen LogP contribution in [-0.2, 0) is 0 Å². The third-order valence-electron chi connectivity index (χ3n) is 3.26. The van der Waals surface area contributed by atoms with Gasteiger partial charge in [-0.25, -0.2) is 4.99 Å². The van der Waals surface area contributed by atoms with Crippen molar-refractivity contribution in [2.24, 2.45) is 4.99 Å². The summed E-state index contributed by atoms with van der Waals surface area (Å²) >= 11 is 0. The predicted molar refractivity (Wildman–Crippen MR) is 56.2 cm³/mol. The summed E-state index contributed by atoms with van der Waals surface area (Å²) in [5.74, 6) is 1.26. The zero-order chi connectivity index (χ0) is 9.54. The molecule has 0 unspecified atom stereocenters. The van der Waals surface area contributed by atoms with Gasteiger partial charge in [-0.2, -0.15) is 0 Å². The SMILES string of the molecule is CN1CN=C(N2CCC2)C2=C1CNC2. The fraction of sp³-hybridized carbons (Fsp3) is 0.700. The van der Waals surface area contributed by atoms with E-state index in [1.807, 2.05) is 0 Å². The van der Waals surface area contributed by atoms with Gasteiger partial charge in [0.25, 0.3) is 0 Å². The molecule has 3 rings (SSSR count). The van der Waals surface area contributed by atoms with Crippen LogP contribution >= 0.6 is 0 Å². The lowest BCUT2D eigenvalue weighted by Gasteiger charge is -2.37. The fourth-order valence-corrected chi connectivity index (χ4v) is 2.26. The Bertz CT molecular complexity index is 314. The molecule has 1 N–H and O–H groups in total. The van der Waals surface area contributed by atoms with Crippen LogP contribution in [0.1, 0.15) is 6.42 Å². The molecule has 0 saturated carbocycles. The molecule has 3 heterocycles. The molecule has 0 aromatic heterocycles. The van der Waals surface area contributed by atoms with Gasteiger partial charge in [-0.3, -0.25) is 0 Å². The number of hydrogen-bond acceptors (Lipinski definition) is 4. The van der Waals surface area contributed by atoms with Crippen LogP contribution in [0.25, 0.3) is 0 Å². The zero-order valence-electron chi connectivity index (χ0n) is 8.58. The summed E-state index contributed by atoms with van der Waals surface area (Å²) in [6, 6.07) is 0. The van der Waals surface area contributed by atoms with Crippen LogP contribution in [0.4, 0.5) is 0 Å². The van der Waals surface area contributed by atoms with E-state index in [9.17, 15) is 0 Å². The summed E-state index contributed by atoms with van der Waals surface area (Å²) in [5, 5.41) is 3.40. The number of rotatable bonds is 0. The minimum absolute atomic E-state index is 0.826. The highest BCUT2D eigenvalue weighted by Crippen LogP contribution is 2.23. The van der Waals surface area contributed by atoms with Gasteiger partial charge < -0.3 is 15.1 Å². The van der Waals surface area contributed by atoms with E-state index >= 15 is 0 Å².